The van der Waals surface area contributed by atoms with Gasteiger partial charge in [0.2, 0.25) is 0 Å². The van der Waals surface area contributed by atoms with Gasteiger partial charge in [-0.2, -0.15) is 5.10 Å². The van der Waals surface area contributed by atoms with Crippen LogP contribution in [0.25, 0.3) is 5.69 Å². The predicted octanol–water partition coefficient (Wildman–Crippen LogP) is 5.57. The molecule has 39 heavy (non-hydrogen) atoms. The second-order valence-corrected chi connectivity index (χ2v) is 9.83. The maximum atomic E-state index is 12.4. The topological polar surface area (TPSA) is 104 Å². The van der Waals surface area contributed by atoms with Gasteiger partial charge in [0.1, 0.15) is 23.9 Å². The molecule has 202 valence electrons. The van der Waals surface area contributed by atoms with Gasteiger partial charge in [-0.15, -0.1) is 0 Å². The summed E-state index contributed by atoms with van der Waals surface area (Å²) < 4.78 is 24.7. The molecule has 10 heteroatoms. The van der Waals surface area contributed by atoms with E-state index in [-0.39, 0.29) is 12.4 Å². The number of furan rings is 1. The second kappa shape index (κ2) is 12.7. The lowest BCUT2D eigenvalue weighted by Crippen LogP contribution is -2.25. The third-order valence-electron chi connectivity index (χ3n) is 5.81. The first-order valence-electron chi connectivity index (χ1n) is 12.1. The number of nitrogens with zero attached hydrogens (tertiary/aromatic N) is 2. The van der Waals surface area contributed by atoms with E-state index in [9.17, 15) is 9.59 Å². The van der Waals surface area contributed by atoms with E-state index in [1.807, 2.05) is 30.3 Å². The molecule has 0 saturated carbocycles. The summed E-state index contributed by atoms with van der Waals surface area (Å²) in [5, 5.41) is 4.00. The minimum atomic E-state index is -0.727. The Hall–Kier alpha value is -4.06. The van der Waals surface area contributed by atoms with Crippen LogP contribution in [0.5, 0.6) is 11.5 Å². The average molecular weight is 641 g/mol. The largest absolute Gasteiger partial charge is 0.486 e. The van der Waals surface area contributed by atoms with Crippen LogP contribution in [0.15, 0.2) is 76.2 Å². The molecule has 0 unspecified atom stereocenters. The van der Waals surface area contributed by atoms with Gasteiger partial charge in [-0.3, -0.25) is 4.79 Å². The molecule has 0 bridgehead atoms. The van der Waals surface area contributed by atoms with Crippen LogP contribution in [-0.4, -0.2) is 35.9 Å². The van der Waals surface area contributed by atoms with Crippen molar-refractivity contribution < 1.29 is 28.2 Å². The van der Waals surface area contributed by atoms with Gasteiger partial charge >= 0.3 is 11.9 Å². The van der Waals surface area contributed by atoms with E-state index in [1.165, 1.54) is 13.3 Å². The van der Waals surface area contributed by atoms with E-state index in [1.54, 1.807) is 31.2 Å². The Balaban J connectivity index is 1.28. The Morgan fingerprint density at radius 2 is 1.77 bits per heavy atom. The van der Waals surface area contributed by atoms with Gasteiger partial charge < -0.3 is 23.2 Å². The zero-order valence-corrected chi connectivity index (χ0v) is 24.1. The second-order valence-electron chi connectivity index (χ2n) is 8.67. The number of carbonyl (C=O) groups excluding carboxylic acids is 2. The van der Waals surface area contributed by atoms with Crippen molar-refractivity contribution >= 4 is 40.7 Å². The molecule has 0 fully saturated rings. The standard InChI is InChI=1S/C29H28IN3O6/c1-18-5-6-19(2)33(18)22-8-10-23(11-9-22)37-17-24-12-14-27(39-24)28(34)32-31-16-21-7-13-26(25(30)15-21)38-20(3)29(35)36-4/h5-16,20H,17H2,1-4H3,(H,32,34)/b31-16+/t20-/m1/s1. The summed E-state index contributed by atoms with van der Waals surface area (Å²) in [6.45, 7) is 5.93. The van der Waals surface area contributed by atoms with Gasteiger partial charge in [0.15, 0.2) is 11.9 Å². The number of amides is 1. The van der Waals surface area contributed by atoms with E-state index < -0.39 is 18.0 Å². The van der Waals surface area contributed by atoms with Crippen molar-refractivity contribution in [2.75, 3.05) is 7.11 Å². The summed E-state index contributed by atoms with van der Waals surface area (Å²) >= 11 is 2.10. The van der Waals surface area contributed by atoms with Crippen LogP contribution < -0.4 is 14.9 Å². The molecule has 2 heterocycles. The lowest BCUT2D eigenvalue weighted by atomic mass is 10.2. The molecular weight excluding hydrogens is 613 g/mol. The molecular formula is C29H28IN3O6. The summed E-state index contributed by atoms with van der Waals surface area (Å²) in [4.78, 5) is 24.0. The summed E-state index contributed by atoms with van der Waals surface area (Å²) in [6, 6.07) is 20.5. The fourth-order valence-electron chi connectivity index (χ4n) is 3.82. The summed E-state index contributed by atoms with van der Waals surface area (Å²) in [5.74, 6) is 0.924. The van der Waals surface area contributed by atoms with Crippen LogP contribution >= 0.6 is 22.6 Å². The molecule has 0 aliphatic rings. The van der Waals surface area contributed by atoms with Crippen molar-refractivity contribution in [1.82, 2.24) is 9.99 Å². The summed E-state index contributed by atoms with van der Waals surface area (Å²) in [5.41, 5.74) is 6.57. The molecule has 4 aromatic rings. The molecule has 9 nitrogen and oxygen atoms in total. The van der Waals surface area contributed by atoms with Gasteiger partial charge in [0, 0.05) is 17.1 Å². The van der Waals surface area contributed by atoms with Crippen LogP contribution in [0.3, 0.4) is 0 Å². The number of methoxy groups -OCH3 is 1. The third-order valence-corrected chi connectivity index (χ3v) is 6.65. The number of hydrazone groups is 1. The van der Waals surface area contributed by atoms with Crippen LogP contribution in [0, 0.1) is 17.4 Å². The first-order chi connectivity index (χ1) is 18.7. The number of ether oxygens (including phenoxy) is 3. The third kappa shape index (κ3) is 7.08. The number of esters is 1. The van der Waals surface area contributed by atoms with Crippen molar-refractivity contribution in [1.29, 1.82) is 0 Å². The lowest BCUT2D eigenvalue weighted by Gasteiger charge is -2.13. The van der Waals surface area contributed by atoms with Gasteiger partial charge in [0.05, 0.1) is 16.9 Å². The molecule has 1 amide bonds. The molecule has 1 atom stereocenters. The Labute approximate surface area is 239 Å². The first kappa shape index (κ1) is 28.0. The number of halogens is 1. The average Bonchev–Trinajstić information content (AvgIpc) is 3.54. The number of rotatable bonds is 10. The molecule has 2 aromatic heterocycles. The highest BCUT2D eigenvalue weighted by molar-refractivity contribution is 14.1. The molecule has 0 aliphatic carbocycles. The molecule has 0 aliphatic heterocycles. The van der Waals surface area contributed by atoms with E-state index in [0.29, 0.717) is 17.3 Å². The minimum absolute atomic E-state index is 0.120. The van der Waals surface area contributed by atoms with E-state index in [4.69, 9.17) is 13.9 Å². The number of aromatic nitrogens is 1. The Kier molecular flexibility index (Phi) is 9.07. The maximum absolute atomic E-state index is 12.4. The van der Waals surface area contributed by atoms with E-state index in [2.05, 4.69) is 68.4 Å². The number of hydrogen-bond acceptors (Lipinski definition) is 7. The quantitative estimate of drug-likeness (QED) is 0.105. The Morgan fingerprint density at radius 3 is 2.44 bits per heavy atom. The normalized spacial score (nSPS) is 11.8. The highest BCUT2D eigenvalue weighted by Gasteiger charge is 2.16. The Bertz CT molecular complexity index is 1470. The molecule has 1 N–H and O–H groups in total. The fraction of sp³-hybridized carbons (Fsp3) is 0.207. The number of aryl methyl sites for hydroxylation is 2. The van der Waals surface area contributed by atoms with E-state index in [0.717, 1.165) is 26.2 Å². The first-order valence-corrected chi connectivity index (χ1v) is 13.2. The van der Waals surface area contributed by atoms with Crippen LogP contribution in [0.1, 0.15) is 40.2 Å². The molecule has 2 aromatic carbocycles. The number of carbonyl (C=O) groups is 2. The van der Waals surface area contributed by atoms with Crippen molar-refractivity contribution in [3.05, 3.63) is 98.8 Å². The van der Waals surface area contributed by atoms with Crippen molar-refractivity contribution in [3.8, 4) is 17.2 Å². The van der Waals surface area contributed by atoms with Gasteiger partial charge in [0.25, 0.3) is 0 Å². The number of benzene rings is 2. The highest BCUT2D eigenvalue weighted by atomic mass is 127. The van der Waals surface area contributed by atoms with Crippen LogP contribution in [0.4, 0.5) is 0 Å². The Morgan fingerprint density at radius 1 is 1.05 bits per heavy atom. The van der Waals surface area contributed by atoms with Crippen molar-refractivity contribution in [3.63, 3.8) is 0 Å². The SMILES string of the molecule is COC(=O)[C@@H](C)Oc1ccc(/C=N/NC(=O)c2ccc(COc3ccc(-n4c(C)ccc4C)cc3)o2)cc1I. The van der Waals surface area contributed by atoms with Crippen LogP contribution in [-0.2, 0) is 16.1 Å². The van der Waals surface area contributed by atoms with E-state index >= 15 is 0 Å². The molecule has 0 radical (unpaired) electrons. The zero-order chi connectivity index (χ0) is 27.9. The monoisotopic (exact) mass is 641 g/mol. The summed E-state index contributed by atoms with van der Waals surface area (Å²) in [7, 11) is 1.31. The molecule has 0 spiro atoms. The van der Waals surface area contributed by atoms with Crippen molar-refractivity contribution in [2.45, 2.75) is 33.5 Å². The minimum Gasteiger partial charge on any atom is -0.486 e. The maximum Gasteiger partial charge on any atom is 0.346 e. The lowest BCUT2D eigenvalue weighted by molar-refractivity contribution is -0.147. The number of hydrogen-bond donors (Lipinski definition) is 1. The summed E-state index contributed by atoms with van der Waals surface area (Å²) in [6.07, 6.45) is 0.774. The molecule has 4 rings (SSSR count). The smallest absolute Gasteiger partial charge is 0.346 e. The predicted molar refractivity (Wildman–Crippen MR) is 155 cm³/mol. The van der Waals surface area contributed by atoms with Crippen molar-refractivity contribution in [2.24, 2.45) is 5.10 Å². The number of nitrogens with one attached hydrogen (secondary N) is 1. The molecule has 0 saturated heterocycles. The highest BCUT2D eigenvalue weighted by Crippen LogP contribution is 2.23. The zero-order valence-electron chi connectivity index (χ0n) is 21.9. The van der Waals surface area contributed by atoms with Gasteiger partial charge in [-0.25, -0.2) is 10.2 Å². The van der Waals surface area contributed by atoms with Crippen LogP contribution in [0.2, 0.25) is 0 Å². The van der Waals surface area contributed by atoms with Gasteiger partial charge in [-0.1, -0.05) is 0 Å². The fourth-order valence-corrected chi connectivity index (χ4v) is 4.48. The van der Waals surface area contributed by atoms with Gasteiger partial charge in [-0.05, 0) is 116 Å².